The zero-order valence-corrected chi connectivity index (χ0v) is 13.1. The Bertz CT molecular complexity index is 675. The normalized spacial score (nSPS) is 17.0. The van der Waals surface area contributed by atoms with Crippen LogP contribution < -0.4 is 5.73 Å². The highest BCUT2D eigenvalue weighted by molar-refractivity contribution is 5.96. The number of likely N-dealkylation sites (tertiary alicyclic amines) is 1. The van der Waals surface area contributed by atoms with E-state index in [4.69, 9.17) is 10.7 Å². The molecule has 2 heterocycles. The number of aryl methyl sites for hydroxylation is 1. The highest BCUT2D eigenvalue weighted by Crippen LogP contribution is 2.22. The lowest BCUT2D eigenvalue weighted by Gasteiger charge is -2.28. The smallest absolute Gasteiger partial charge is 0.248 e. The van der Waals surface area contributed by atoms with Crippen LogP contribution in [0.3, 0.4) is 0 Å². The maximum Gasteiger partial charge on any atom is 0.248 e. The van der Waals surface area contributed by atoms with Crippen molar-refractivity contribution in [2.24, 2.45) is 11.7 Å². The number of pyridine rings is 1. The van der Waals surface area contributed by atoms with Crippen molar-refractivity contribution in [3.05, 3.63) is 41.6 Å². The van der Waals surface area contributed by atoms with Crippen molar-refractivity contribution >= 4 is 16.8 Å². The summed E-state index contributed by atoms with van der Waals surface area (Å²) in [4.78, 5) is 18.4. The van der Waals surface area contributed by atoms with E-state index >= 15 is 0 Å². The first kappa shape index (κ1) is 15.0. The molecule has 2 N–H and O–H groups in total. The molecule has 0 atom stereocenters. The minimum atomic E-state index is -0.402. The molecule has 4 heteroatoms. The number of carbonyl (C=O) groups is 1. The summed E-state index contributed by atoms with van der Waals surface area (Å²) in [5, 5.41) is 1.05. The summed E-state index contributed by atoms with van der Waals surface area (Å²) in [7, 11) is 2.19. The number of rotatable bonds is 4. The van der Waals surface area contributed by atoms with Crippen LogP contribution in [0.1, 0.15) is 35.3 Å². The second-order valence-electron chi connectivity index (χ2n) is 6.36. The third kappa shape index (κ3) is 3.45. The van der Waals surface area contributed by atoms with Gasteiger partial charge in [0.1, 0.15) is 0 Å². The van der Waals surface area contributed by atoms with Gasteiger partial charge in [-0.3, -0.25) is 9.78 Å². The SMILES string of the molecule is CN1CCC(CCc2ccc3ccc(C(N)=O)cc3n2)CC1. The zero-order chi connectivity index (χ0) is 15.5. The first-order valence-corrected chi connectivity index (χ1v) is 8.00. The minimum Gasteiger partial charge on any atom is -0.366 e. The van der Waals surface area contributed by atoms with Gasteiger partial charge < -0.3 is 10.6 Å². The summed E-state index contributed by atoms with van der Waals surface area (Å²) in [6, 6.07) is 9.63. The third-order valence-electron chi connectivity index (χ3n) is 4.68. The number of aromatic nitrogens is 1. The van der Waals surface area contributed by atoms with E-state index in [0.29, 0.717) is 5.56 Å². The largest absolute Gasteiger partial charge is 0.366 e. The summed E-state index contributed by atoms with van der Waals surface area (Å²) in [6.07, 6.45) is 4.78. The molecule has 0 unspecified atom stereocenters. The average molecular weight is 297 g/mol. The molecule has 0 saturated carbocycles. The molecule has 4 nitrogen and oxygen atoms in total. The van der Waals surface area contributed by atoms with Gasteiger partial charge in [-0.15, -0.1) is 0 Å². The monoisotopic (exact) mass is 297 g/mol. The van der Waals surface area contributed by atoms with Crippen molar-refractivity contribution < 1.29 is 4.79 Å². The average Bonchev–Trinajstić information content (AvgIpc) is 2.53. The molecule has 2 aromatic rings. The standard InChI is InChI=1S/C18H23N3O/c1-21-10-8-13(9-11-21)2-6-16-7-5-14-3-4-15(18(19)22)12-17(14)20-16/h3-5,7,12-13H,2,6,8-11H2,1H3,(H2,19,22). The first-order chi connectivity index (χ1) is 10.6. The number of nitrogens with zero attached hydrogens (tertiary/aromatic N) is 2. The molecule has 1 fully saturated rings. The third-order valence-corrected chi connectivity index (χ3v) is 4.68. The van der Waals surface area contributed by atoms with Crippen LogP contribution in [0.5, 0.6) is 0 Å². The van der Waals surface area contributed by atoms with Crippen molar-refractivity contribution in [1.29, 1.82) is 0 Å². The Labute approximate surface area is 131 Å². The van der Waals surface area contributed by atoms with Gasteiger partial charge in [0.2, 0.25) is 5.91 Å². The number of carbonyl (C=O) groups excluding carboxylic acids is 1. The van der Waals surface area contributed by atoms with Gasteiger partial charge in [-0.05, 0) is 69.9 Å². The van der Waals surface area contributed by atoms with Gasteiger partial charge in [-0.2, -0.15) is 0 Å². The fourth-order valence-corrected chi connectivity index (χ4v) is 3.15. The molecule has 0 spiro atoms. The lowest BCUT2D eigenvalue weighted by Crippen LogP contribution is -2.30. The number of hydrogen-bond acceptors (Lipinski definition) is 3. The molecule has 0 bridgehead atoms. The number of piperidine rings is 1. The van der Waals surface area contributed by atoms with Gasteiger partial charge in [-0.1, -0.05) is 12.1 Å². The topological polar surface area (TPSA) is 59.2 Å². The molecular weight excluding hydrogens is 274 g/mol. The predicted molar refractivity (Wildman–Crippen MR) is 88.8 cm³/mol. The maximum absolute atomic E-state index is 11.3. The van der Waals surface area contributed by atoms with Crippen LogP contribution in [0.25, 0.3) is 10.9 Å². The van der Waals surface area contributed by atoms with E-state index in [1.807, 2.05) is 6.07 Å². The molecule has 0 radical (unpaired) electrons. The van der Waals surface area contributed by atoms with Gasteiger partial charge in [0, 0.05) is 16.6 Å². The number of nitrogens with two attached hydrogens (primary N) is 1. The van der Waals surface area contributed by atoms with Gasteiger partial charge in [0.05, 0.1) is 5.52 Å². The Morgan fingerprint density at radius 3 is 2.73 bits per heavy atom. The van der Waals surface area contributed by atoms with Crippen LogP contribution in [0.15, 0.2) is 30.3 Å². The molecule has 1 aliphatic heterocycles. The van der Waals surface area contributed by atoms with Crippen LogP contribution >= 0.6 is 0 Å². The van der Waals surface area contributed by atoms with E-state index in [0.717, 1.165) is 28.9 Å². The quantitative estimate of drug-likeness (QED) is 0.943. The number of primary amides is 1. The summed E-state index contributed by atoms with van der Waals surface area (Å²) < 4.78 is 0. The van der Waals surface area contributed by atoms with Crippen molar-refractivity contribution in [3.8, 4) is 0 Å². The summed E-state index contributed by atoms with van der Waals surface area (Å²) in [6.45, 7) is 2.41. The number of fused-ring (bicyclic) bond motifs is 1. The van der Waals surface area contributed by atoms with E-state index in [1.165, 1.54) is 32.4 Å². The van der Waals surface area contributed by atoms with Crippen LogP contribution in [-0.4, -0.2) is 35.9 Å². The Morgan fingerprint density at radius 2 is 2.00 bits per heavy atom. The van der Waals surface area contributed by atoms with Crippen molar-refractivity contribution in [2.45, 2.75) is 25.7 Å². The number of benzene rings is 1. The molecule has 22 heavy (non-hydrogen) atoms. The van der Waals surface area contributed by atoms with Crippen LogP contribution in [0, 0.1) is 5.92 Å². The van der Waals surface area contributed by atoms with E-state index < -0.39 is 5.91 Å². The Hall–Kier alpha value is -1.94. The summed E-state index contributed by atoms with van der Waals surface area (Å²) in [5.74, 6) is 0.408. The van der Waals surface area contributed by atoms with Gasteiger partial charge in [-0.25, -0.2) is 0 Å². The van der Waals surface area contributed by atoms with Crippen LogP contribution in [0.2, 0.25) is 0 Å². The molecule has 1 saturated heterocycles. The number of hydrogen-bond donors (Lipinski definition) is 1. The summed E-state index contributed by atoms with van der Waals surface area (Å²) in [5.41, 5.74) is 7.82. The van der Waals surface area contributed by atoms with E-state index in [9.17, 15) is 4.79 Å². The molecule has 1 aromatic carbocycles. The van der Waals surface area contributed by atoms with Gasteiger partial charge in [0.25, 0.3) is 0 Å². The van der Waals surface area contributed by atoms with Gasteiger partial charge >= 0.3 is 0 Å². The molecular formula is C18H23N3O. The maximum atomic E-state index is 11.3. The van der Waals surface area contributed by atoms with Crippen molar-refractivity contribution in [3.63, 3.8) is 0 Å². The zero-order valence-electron chi connectivity index (χ0n) is 13.1. The molecule has 1 amide bonds. The second kappa shape index (κ2) is 6.44. The molecule has 116 valence electrons. The fraction of sp³-hybridized carbons (Fsp3) is 0.444. The Balaban J connectivity index is 1.70. The first-order valence-electron chi connectivity index (χ1n) is 8.00. The second-order valence-corrected chi connectivity index (χ2v) is 6.36. The predicted octanol–water partition coefficient (Wildman–Crippen LogP) is 2.61. The van der Waals surface area contributed by atoms with Crippen LogP contribution in [-0.2, 0) is 6.42 Å². The van der Waals surface area contributed by atoms with Gasteiger partial charge in [0.15, 0.2) is 0 Å². The summed E-state index contributed by atoms with van der Waals surface area (Å²) >= 11 is 0. The molecule has 1 aliphatic rings. The molecule has 3 rings (SSSR count). The highest BCUT2D eigenvalue weighted by atomic mass is 16.1. The fourth-order valence-electron chi connectivity index (χ4n) is 3.15. The van der Waals surface area contributed by atoms with E-state index in [2.05, 4.69) is 24.1 Å². The van der Waals surface area contributed by atoms with Crippen molar-refractivity contribution in [1.82, 2.24) is 9.88 Å². The lowest BCUT2D eigenvalue weighted by atomic mass is 9.91. The van der Waals surface area contributed by atoms with Crippen molar-refractivity contribution in [2.75, 3.05) is 20.1 Å². The molecule has 0 aliphatic carbocycles. The number of amides is 1. The van der Waals surface area contributed by atoms with E-state index in [-0.39, 0.29) is 0 Å². The Kier molecular flexibility index (Phi) is 4.39. The Morgan fingerprint density at radius 1 is 1.27 bits per heavy atom. The van der Waals surface area contributed by atoms with Crippen LogP contribution in [0.4, 0.5) is 0 Å². The minimum absolute atomic E-state index is 0.402. The molecule has 1 aromatic heterocycles. The van der Waals surface area contributed by atoms with E-state index in [1.54, 1.807) is 12.1 Å². The lowest BCUT2D eigenvalue weighted by molar-refractivity contribution is 0.100. The highest BCUT2D eigenvalue weighted by Gasteiger charge is 2.16.